The summed E-state index contributed by atoms with van der Waals surface area (Å²) in [5.41, 5.74) is 0. The molecule has 0 radical (unpaired) electrons. The molecule has 0 amide bonds. The number of ether oxygens (including phenoxy) is 2. The van der Waals surface area contributed by atoms with Gasteiger partial charge >= 0.3 is 0 Å². The van der Waals surface area contributed by atoms with Gasteiger partial charge < -0.3 is 14.6 Å². The molecule has 0 saturated heterocycles. The number of aromatic nitrogens is 2. The average Bonchev–Trinajstić information content (AvgIpc) is 3.01. The van der Waals surface area contributed by atoms with Crippen molar-refractivity contribution < 1.29 is 14.6 Å². The van der Waals surface area contributed by atoms with Crippen molar-refractivity contribution in [3.8, 4) is 29.0 Å². The van der Waals surface area contributed by atoms with Gasteiger partial charge in [-0.2, -0.15) is 0 Å². The second kappa shape index (κ2) is 11.3. The lowest BCUT2D eigenvalue weighted by Gasteiger charge is -2.32. The largest absolute Gasteiger partial charge is 0.504 e. The van der Waals surface area contributed by atoms with Crippen LogP contribution in [0.4, 0.5) is 0 Å². The lowest BCUT2D eigenvalue weighted by molar-refractivity contribution is 0.403. The van der Waals surface area contributed by atoms with Crippen LogP contribution in [0.3, 0.4) is 0 Å². The fraction of sp³-hybridized carbons (Fsp3) is 0. The Morgan fingerprint density at radius 2 is 0.925 bits per heavy atom. The van der Waals surface area contributed by atoms with E-state index < -0.39 is 8.07 Å². The van der Waals surface area contributed by atoms with Gasteiger partial charge in [0.1, 0.15) is 5.75 Å². The highest BCUT2D eigenvalue weighted by Crippen LogP contribution is 2.28. The smallest absolute Gasteiger partial charge is 0.223 e. The number of para-hydroxylation sites is 3. The number of hydrogen-bond acceptors (Lipinski definition) is 5. The zero-order valence-electron chi connectivity index (χ0n) is 21.6. The van der Waals surface area contributed by atoms with Crippen LogP contribution in [0.25, 0.3) is 0 Å². The van der Waals surface area contributed by atoms with Crippen molar-refractivity contribution in [2.75, 3.05) is 0 Å². The first-order chi connectivity index (χ1) is 19.7. The molecule has 0 atom stereocenters. The van der Waals surface area contributed by atoms with Crippen molar-refractivity contribution >= 4 is 29.1 Å². The van der Waals surface area contributed by atoms with Crippen LogP contribution in [0, 0.1) is 0 Å². The molecule has 0 aliphatic rings. The highest BCUT2D eigenvalue weighted by atomic mass is 28.3. The normalized spacial score (nSPS) is 11.1. The number of phenolic OH excluding ortho intramolecular Hbond substituents is 1. The molecule has 6 rings (SSSR count). The Morgan fingerprint density at radius 3 is 1.48 bits per heavy atom. The summed E-state index contributed by atoms with van der Waals surface area (Å²) in [5.74, 6) is 2.01. The highest BCUT2D eigenvalue weighted by Gasteiger charge is 2.45. The molecule has 6 aromatic rings. The second-order valence-electron chi connectivity index (χ2n) is 9.19. The molecule has 0 aliphatic heterocycles. The lowest BCUT2D eigenvalue weighted by Crippen LogP contribution is -2.76. The standard InChI is InChI=1S/C34H26N2O3Si/c37-29-20-10-11-21-30(29)39-32-23-13-25-34(36-32)40(27-16-6-2-7-17-27,28-18-8-3-9-19-28)33-24-12-22-31(35-33)38-26-14-4-1-5-15-26/h1-25,37H. The van der Waals surface area contributed by atoms with Crippen molar-refractivity contribution in [2.45, 2.75) is 0 Å². The predicted molar refractivity (Wildman–Crippen MR) is 160 cm³/mol. The van der Waals surface area contributed by atoms with E-state index in [0.717, 1.165) is 26.8 Å². The predicted octanol–water partition coefficient (Wildman–Crippen LogP) is 5.14. The summed E-state index contributed by atoms with van der Waals surface area (Å²) in [5, 5.41) is 14.3. The lowest BCUT2D eigenvalue weighted by atomic mass is 10.3. The van der Waals surface area contributed by atoms with Crippen molar-refractivity contribution in [3.63, 3.8) is 0 Å². The third-order valence-electron chi connectivity index (χ3n) is 6.67. The van der Waals surface area contributed by atoms with Crippen LogP contribution >= 0.6 is 0 Å². The van der Waals surface area contributed by atoms with Crippen molar-refractivity contribution in [2.24, 2.45) is 0 Å². The van der Waals surface area contributed by atoms with E-state index in [1.165, 1.54) is 0 Å². The molecular weight excluding hydrogens is 512 g/mol. The van der Waals surface area contributed by atoms with E-state index in [0.29, 0.717) is 17.5 Å². The van der Waals surface area contributed by atoms with Crippen LogP contribution in [0.15, 0.2) is 152 Å². The van der Waals surface area contributed by atoms with Gasteiger partial charge in [-0.15, -0.1) is 0 Å². The van der Waals surface area contributed by atoms with Gasteiger partial charge in [0.05, 0.1) is 0 Å². The molecule has 40 heavy (non-hydrogen) atoms. The minimum atomic E-state index is -3.06. The molecule has 0 fully saturated rings. The zero-order valence-corrected chi connectivity index (χ0v) is 22.6. The molecule has 0 saturated carbocycles. The Hall–Kier alpha value is -5.20. The molecular formula is C34H26N2O3Si. The second-order valence-corrected chi connectivity index (χ2v) is 12.9. The van der Waals surface area contributed by atoms with E-state index >= 15 is 0 Å². The summed E-state index contributed by atoms with van der Waals surface area (Å²) in [7, 11) is -3.06. The molecule has 1 N–H and O–H groups in total. The van der Waals surface area contributed by atoms with Crippen LogP contribution in [0.5, 0.6) is 29.0 Å². The van der Waals surface area contributed by atoms with E-state index in [1.54, 1.807) is 24.3 Å². The number of hydrogen-bond donors (Lipinski definition) is 1. The molecule has 4 aromatic carbocycles. The first kappa shape index (κ1) is 25.1. The Labute approximate surface area is 234 Å². The summed E-state index contributed by atoms with van der Waals surface area (Å²) < 4.78 is 12.2. The summed E-state index contributed by atoms with van der Waals surface area (Å²) in [6.07, 6.45) is 0. The maximum absolute atomic E-state index is 10.3. The Kier molecular flexibility index (Phi) is 7.07. The van der Waals surface area contributed by atoms with Gasteiger partial charge in [-0.1, -0.05) is 103 Å². The number of pyridine rings is 2. The van der Waals surface area contributed by atoms with Crippen molar-refractivity contribution in [1.82, 2.24) is 9.97 Å². The molecule has 2 aromatic heterocycles. The molecule has 0 spiro atoms. The van der Waals surface area contributed by atoms with Crippen LogP contribution in [-0.2, 0) is 0 Å². The number of phenols is 1. The molecule has 0 unspecified atom stereocenters. The number of aromatic hydroxyl groups is 1. The van der Waals surface area contributed by atoms with E-state index in [2.05, 4.69) is 30.3 Å². The molecule has 0 aliphatic carbocycles. The topological polar surface area (TPSA) is 64.5 Å². The first-order valence-corrected chi connectivity index (χ1v) is 15.0. The van der Waals surface area contributed by atoms with Gasteiger partial charge in [-0.3, -0.25) is 0 Å². The summed E-state index contributed by atoms with van der Waals surface area (Å²) in [6, 6.07) is 49.0. The summed E-state index contributed by atoms with van der Waals surface area (Å²) in [6.45, 7) is 0. The maximum atomic E-state index is 10.3. The summed E-state index contributed by atoms with van der Waals surface area (Å²) >= 11 is 0. The monoisotopic (exact) mass is 538 g/mol. The van der Waals surface area contributed by atoms with E-state index in [9.17, 15) is 5.11 Å². The van der Waals surface area contributed by atoms with Crippen LogP contribution in [0.2, 0.25) is 0 Å². The fourth-order valence-electron chi connectivity index (χ4n) is 4.89. The third-order valence-corrected chi connectivity index (χ3v) is 11.2. The van der Waals surface area contributed by atoms with Gasteiger partial charge in [0, 0.05) is 22.8 Å². The van der Waals surface area contributed by atoms with Crippen molar-refractivity contribution in [3.05, 3.63) is 152 Å². The Balaban J connectivity index is 1.57. The molecule has 5 nitrogen and oxygen atoms in total. The SMILES string of the molecule is Oc1ccccc1Oc1cccc([Si](c2ccccc2)(c2ccccc2)c2cccc(Oc3ccccc3)n2)n1. The van der Waals surface area contributed by atoms with Gasteiger partial charge in [0.2, 0.25) is 19.8 Å². The fourth-order valence-corrected chi connectivity index (χ4v) is 9.30. The van der Waals surface area contributed by atoms with Crippen LogP contribution in [-0.4, -0.2) is 23.1 Å². The maximum Gasteiger partial charge on any atom is 0.223 e. The minimum Gasteiger partial charge on any atom is -0.504 e. The quantitative estimate of drug-likeness (QED) is 0.272. The van der Waals surface area contributed by atoms with Crippen molar-refractivity contribution in [1.29, 1.82) is 0 Å². The van der Waals surface area contributed by atoms with Gasteiger partial charge in [0.25, 0.3) is 0 Å². The Morgan fingerprint density at radius 1 is 0.450 bits per heavy atom. The van der Waals surface area contributed by atoms with Gasteiger partial charge in [-0.25, -0.2) is 9.97 Å². The van der Waals surface area contributed by atoms with Gasteiger partial charge in [0.15, 0.2) is 11.5 Å². The molecule has 6 heteroatoms. The van der Waals surface area contributed by atoms with Crippen LogP contribution in [0.1, 0.15) is 0 Å². The first-order valence-electron chi connectivity index (χ1n) is 13.0. The molecule has 2 heterocycles. The minimum absolute atomic E-state index is 0.0526. The Bertz CT molecular complexity index is 1670. The third kappa shape index (κ3) is 4.96. The van der Waals surface area contributed by atoms with E-state index in [-0.39, 0.29) is 5.75 Å². The van der Waals surface area contributed by atoms with E-state index in [4.69, 9.17) is 19.4 Å². The summed E-state index contributed by atoms with van der Waals surface area (Å²) in [4.78, 5) is 10.2. The van der Waals surface area contributed by atoms with E-state index in [1.807, 2.05) is 97.1 Å². The molecule has 194 valence electrons. The molecule has 0 bridgehead atoms. The van der Waals surface area contributed by atoms with Crippen LogP contribution < -0.4 is 30.5 Å². The number of nitrogens with zero attached hydrogens (tertiary/aromatic N) is 2. The van der Waals surface area contributed by atoms with Gasteiger partial charge in [-0.05, 0) is 46.8 Å². The average molecular weight is 539 g/mol. The number of benzene rings is 4. The highest BCUT2D eigenvalue weighted by molar-refractivity contribution is 7.19. The zero-order chi connectivity index (χ0) is 27.2. The number of rotatable bonds is 8.